The third-order valence-electron chi connectivity index (χ3n) is 5.70. The van der Waals surface area contributed by atoms with Crippen LogP contribution in [0.2, 0.25) is 0 Å². The van der Waals surface area contributed by atoms with Crippen molar-refractivity contribution in [2.45, 2.75) is 33.3 Å². The summed E-state index contributed by atoms with van der Waals surface area (Å²) >= 11 is 1.50. The number of aromatic nitrogens is 1. The molecule has 1 fully saturated rings. The van der Waals surface area contributed by atoms with Gasteiger partial charge in [0.1, 0.15) is 17.2 Å². The third-order valence-corrected chi connectivity index (χ3v) is 6.91. The number of rotatable bonds is 7. The highest BCUT2D eigenvalue weighted by atomic mass is 32.1. The second-order valence-corrected chi connectivity index (χ2v) is 9.24. The smallest absolute Gasteiger partial charge is 0.265 e. The monoisotopic (exact) mass is 463 g/mol. The highest BCUT2D eigenvalue weighted by Gasteiger charge is 2.27. The number of piperazine rings is 1. The Balaban J connectivity index is 1.30. The minimum Gasteiger partial charge on any atom is -0.489 e. The van der Waals surface area contributed by atoms with Gasteiger partial charge in [-0.1, -0.05) is 37.3 Å². The average molecular weight is 464 g/mol. The fourth-order valence-corrected chi connectivity index (χ4v) is 4.98. The zero-order chi connectivity index (χ0) is 23.2. The molecule has 172 valence electrons. The summed E-state index contributed by atoms with van der Waals surface area (Å²) in [5.74, 6) is 0.739. The van der Waals surface area contributed by atoms with Gasteiger partial charge in [-0.2, -0.15) is 0 Å². The van der Waals surface area contributed by atoms with E-state index in [1.54, 1.807) is 12.1 Å². The molecule has 7 heteroatoms. The molecule has 0 radical (unpaired) electrons. The zero-order valence-electron chi connectivity index (χ0n) is 19.1. The topological polar surface area (TPSA) is 62.7 Å². The van der Waals surface area contributed by atoms with Crippen LogP contribution < -0.4 is 4.74 Å². The number of carbonyl (C=O) groups excluding carboxylic acids is 2. The van der Waals surface area contributed by atoms with E-state index < -0.39 is 0 Å². The van der Waals surface area contributed by atoms with E-state index in [0.29, 0.717) is 38.3 Å². The largest absolute Gasteiger partial charge is 0.489 e. The van der Waals surface area contributed by atoms with Crippen LogP contribution in [0.15, 0.2) is 54.6 Å². The van der Waals surface area contributed by atoms with Crippen LogP contribution in [0, 0.1) is 6.92 Å². The summed E-state index contributed by atoms with van der Waals surface area (Å²) in [5.41, 5.74) is 2.53. The molecule has 1 aromatic heterocycles. The van der Waals surface area contributed by atoms with Gasteiger partial charge in [-0.05, 0) is 49.6 Å². The third kappa shape index (κ3) is 5.60. The lowest BCUT2D eigenvalue weighted by atomic mass is 10.1. The van der Waals surface area contributed by atoms with Crippen molar-refractivity contribution in [1.82, 2.24) is 14.8 Å². The molecular weight excluding hydrogens is 434 g/mol. The van der Waals surface area contributed by atoms with Gasteiger partial charge in [-0.3, -0.25) is 9.59 Å². The number of thiazole rings is 1. The molecule has 1 saturated heterocycles. The molecule has 0 aliphatic carbocycles. The number of aryl methyl sites for hydroxylation is 2. The fourth-order valence-electron chi connectivity index (χ4n) is 3.84. The fraction of sp³-hybridized carbons (Fsp3) is 0.346. The number of ether oxygens (including phenoxy) is 1. The number of carbonyl (C=O) groups is 2. The Labute approximate surface area is 198 Å². The van der Waals surface area contributed by atoms with Gasteiger partial charge in [-0.15, -0.1) is 11.3 Å². The summed E-state index contributed by atoms with van der Waals surface area (Å²) in [6.07, 6.45) is 1.92. The van der Waals surface area contributed by atoms with E-state index in [-0.39, 0.29) is 11.8 Å². The summed E-state index contributed by atoms with van der Waals surface area (Å²) in [6, 6.07) is 17.2. The summed E-state index contributed by atoms with van der Waals surface area (Å²) < 4.78 is 5.81. The Hall–Kier alpha value is -3.19. The molecule has 33 heavy (non-hydrogen) atoms. The maximum Gasteiger partial charge on any atom is 0.265 e. The molecule has 3 aromatic rings. The summed E-state index contributed by atoms with van der Waals surface area (Å²) in [6.45, 7) is 6.61. The SMILES string of the molecule is CCCc1nc(C)c(C(=O)N2CCN(C(=O)c3ccc(OCc4ccccc4)cc3)CC2)s1. The van der Waals surface area contributed by atoms with Crippen molar-refractivity contribution in [3.63, 3.8) is 0 Å². The van der Waals surface area contributed by atoms with E-state index in [4.69, 9.17) is 4.74 Å². The summed E-state index contributed by atoms with van der Waals surface area (Å²) in [7, 11) is 0. The van der Waals surface area contributed by atoms with E-state index >= 15 is 0 Å². The van der Waals surface area contributed by atoms with Crippen molar-refractivity contribution in [2.24, 2.45) is 0 Å². The predicted octanol–water partition coefficient (Wildman–Crippen LogP) is 4.58. The number of amides is 2. The Morgan fingerprint density at radius 1 is 0.939 bits per heavy atom. The molecule has 2 amide bonds. The van der Waals surface area contributed by atoms with Gasteiger partial charge in [-0.25, -0.2) is 4.98 Å². The highest BCUT2D eigenvalue weighted by Crippen LogP contribution is 2.22. The molecule has 0 bridgehead atoms. The van der Waals surface area contributed by atoms with Crippen LogP contribution >= 0.6 is 11.3 Å². The van der Waals surface area contributed by atoms with Gasteiger partial charge in [0.15, 0.2) is 0 Å². The first-order valence-electron chi connectivity index (χ1n) is 11.4. The minimum atomic E-state index is -0.0177. The lowest BCUT2D eigenvalue weighted by Gasteiger charge is -2.34. The molecule has 0 atom stereocenters. The zero-order valence-corrected chi connectivity index (χ0v) is 19.9. The van der Waals surface area contributed by atoms with Gasteiger partial charge in [0.25, 0.3) is 11.8 Å². The molecule has 0 saturated carbocycles. The highest BCUT2D eigenvalue weighted by molar-refractivity contribution is 7.13. The van der Waals surface area contributed by atoms with Crippen molar-refractivity contribution in [3.8, 4) is 5.75 Å². The minimum absolute atomic E-state index is 0.0177. The van der Waals surface area contributed by atoms with Crippen molar-refractivity contribution in [2.75, 3.05) is 26.2 Å². The van der Waals surface area contributed by atoms with Crippen LogP contribution in [0.1, 0.15) is 49.6 Å². The second-order valence-electron chi connectivity index (χ2n) is 8.16. The molecule has 2 aromatic carbocycles. The van der Waals surface area contributed by atoms with E-state index in [2.05, 4.69) is 11.9 Å². The van der Waals surface area contributed by atoms with Crippen LogP contribution in [-0.4, -0.2) is 52.8 Å². The molecule has 0 spiro atoms. The number of nitrogens with zero attached hydrogens (tertiary/aromatic N) is 3. The van der Waals surface area contributed by atoms with E-state index in [9.17, 15) is 9.59 Å². The lowest BCUT2D eigenvalue weighted by Crippen LogP contribution is -2.50. The van der Waals surface area contributed by atoms with Crippen LogP contribution in [0.5, 0.6) is 5.75 Å². The van der Waals surface area contributed by atoms with Gasteiger partial charge in [0.05, 0.1) is 10.7 Å². The maximum absolute atomic E-state index is 13.0. The first-order chi connectivity index (χ1) is 16.0. The molecule has 6 nitrogen and oxygen atoms in total. The molecule has 1 aliphatic heterocycles. The first-order valence-corrected chi connectivity index (χ1v) is 12.2. The first kappa shape index (κ1) is 23.0. The van der Waals surface area contributed by atoms with Crippen LogP contribution in [0.4, 0.5) is 0 Å². The number of hydrogen-bond acceptors (Lipinski definition) is 5. The standard InChI is InChI=1S/C26H29N3O3S/c1-3-7-23-27-19(2)24(33-23)26(31)29-16-14-28(15-17-29)25(30)21-10-12-22(13-11-21)32-18-20-8-5-4-6-9-20/h4-6,8-13H,3,7,14-18H2,1-2H3. The van der Waals surface area contributed by atoms with Crippen LogP contribution in [0.25, 0.3) is 0 Å². The van der Waals surface area contributed by atoms with E-state index in [1.165, 1.54) is 11.3 Å². The normalized spacial score (nSPS) is 13.8. The average Bonchev–Trinajstić information content (AvgIpc) is 3.23. The Bertz CT molecular complexity index is 1090. The number of benzene rings is 2. The molecular formula is C26H29N3O3S. The number of hydrogen-bond donors (Lipinski definition) is 0. The van der Waals surface area contributed by atoms with Crippen molar-refractivity contribution >= 4 is 23.2 Å². The Morgan fingerprint density at radius 2 is 1.58 bits per heavy atom. The molecule has 2 heterocycles. The maximum atomic E-state index is 13.0. The van der Waals surface area contributed by atoms with Crippen molar-refractivity contribution < 1.29 is 14.3 Å². The van der Waals surface area contributed by atoms with Crippen LogP contribution in [-0.2, 0) is 13.0 Å². The summed E-state index contributed by atoms with van der Waals surface area (Å²) in [5, 5.41) is 1.02. The molecule has 0 N–H and O–H groups in total. The lowest BCUT2D eigenvalue weighted by molar-refractivity contribution is 0.0537. The quantitative estimate of drug-likeness (QED) is 0.515. The van der Waals surface area contributed by atoms with Crippen LogP contribution in [0.3, 0.4) is 0 Å². The van der Waals surface area contributed by atoms with E-state index in [1.807, 2.05) is 59.2 Å². The second kappa shape index (κ2) is 10.6. The molecule has 4 rings (SSSR count). The predicted molar refractivity (Wildman–Crippen MR) is 130 cm³/mol. The van der Waals surface area contributed by atoms with Crippen molar-refractivity contribution in [3.05, 3.63) is 81.3 Å². The van der Waals surface area contributed by atoms with E-state index in [0.717, 1.165) is 39.7 Å². The van der Waals surface area contributed by atoms with Gasteiger partial charge in [0.2, 0.25) is 0 Å². The van der Waals surface area contributed by atoms with Crippen molar-refractivity contribution in [1.29, 1.82) is 0 Å². The molecule has 0 unspecified atom stereocenters. The Kier molecular flexibility index (Phi) is 7.40. The summed E-state index contributed by atoms with van der Waals surface area (Å²) in [4.78, 5) is 34.8. The Morgan fingerprint density at radius 3 is 2.21 bits per heavy atom. The molecule has 1 aliphatic rings. The van der Waals surface area contributed by atoms with Gasteiger partial charge >= 0.3 is 0 Å². The van der Waals surface area contributed by atoms with Gasteiger partial charge < -0.3 is 14.5 Å². The van der Waals surface area contributed by atoms with Gasteiger partial charge in [0, 0.05) is 31.7 Å².